The van der Waals surface area contributed by atoms with Crippen molar-refractivity contribution < 1.29 is 48.4 Å². The second-order valence-corrected chi connectivity index (χ2v) is 12.7. The number of ether oxygens (including phenoxy) is 3. The molecular formula is C31H43ClO10. The average molecular weight is 611 g/mol. The van der Waals surface area contributed by atoms with Gasteiger partial charge in [0.1, 0.15) is 0 Å². The Balaban J connectivity index is 0.000000730. The molecule has 0 aromatic carbocycles. The van der Waals surface area contributed by atoms with E-state index in [9.17, 15) is 29.1 Å². The molecular weight excluding hydrogens is 568 g/mol. The number of ketones is 2. The molecule has 3 saturated carbocycles. The van der Waals surface area contributed by atoms with Crippen molar-refractivity contribution in [1.82, 2.24) is 0 Å². The van der Waals surface area contributed by atoms with Crippen molar-refractivity contribution in [2.45, 2.75) is 96.6 Å². The Morgan fingerprint density at radius 2 is 1.69 bits per heavy atom. The highest BCUT2D eigenvalue weighted by molar-refractivity contribution is 6.26. The van der Waals surface area contributed by atoms with E-state index in [0.29, 0.717) is 19.3 Å². The lowest BCUT2D eigenvalue weighted by Crippen LogP contribution is -2.69. The number of aliphatic hydroxyl groups is 1. The number of halogens is 1. The van der Waals surface area contributed by atoms with E-state index in [0.717, 1.165) is 5.57 Å². The Morgan fingerprint density at radius 1 is 1.05 bits per heavy atom. The molecule has 0 radical (unpaired) electrons. The summed E-state index contributed by atoms with van der Waals surface area (Å²) in [5.74, 6) is -2.24. The van der Waals surface area contributed by atoms with E-state index >= 15 is 0 Å². The number of carbonyl (C=O) groups is 5. The summed E-state index contributed by atoms with van der Waals surface area (Å²) in [6.07, 6.45) is 4.97. The van der Waals surface area contributed by atoms with Gasteiger partial charge in [-0.25, -0.2) is 4.79 Å². The van der Waals surface area contributed by atoms with Gasteiger partial charge in [0.25, 0.3) is 0 Å². The number of hydrogen-bond acceptors (Lipinski definition) is 9. The number of aliphatic hydroxyl groups excluding tert-OH is 1. The SMILES string of the molecule is CCC(=O)OCC(=O)[C@@]1(OC(=O)CC)[C@@H](C)C[C@H]2[C@@H]3CCC4=CC(=O)C=C[C@]4(C)C3(Cl)[C@@H](O)C[C@@]21C.CCOC(=O)O. The third-order valence-electron chi connectivity index (χ3n) is 10.1. The second-order valence-electron chi connectivity index (χ2n) is 12.1. The van der Waals surface area contributed by atoms with E-state index in [1.165, 1.54) is 6.08 Å². The van der Waals surface area contributed by atoms with Crippen molar-refractivity contribution in [1.29, 1.82) is 0 Å². The van der Waals surface area contributed by atoms with E-state index in [-0.39, 0.29) is 49.4 Å². The summed E-state index contributed by atoms with van der Waals surface area (Å²) in [6.45, 7) is 10.5. The zero-order chi connectivity index (χ0) is 31.7. The van der Waals surface area contributed by atoms with Crippen molar-refractivity contribution in [2.24, 2.45) is 28.6 Å². The van der Waals surface area contributed by atoms with Crippen LogP contribution in [0.5, 0.6) is 0 Å². The van der Waals surface area contributed by atoms with E-state index in [1.54, 1.807) is 26.8 Å². The smallest absolute Gasteiger partial charge is 0.457 e. The molecule has 0 aromatic rings. The van der Waals surface area contributed by atoms with Crippen LogP contribution < -0.4 is 0 Å². The topological polar surface area (TPSA) is 154 Å². The first kappa shape index (κ1) is 33.8. The molecule has 4 rings (SSSR count). The molecule has 42 heavy (non-hydrogen) atoms. The zero-order valence-corrected chi connectivity index (χ0v) is 26.0. The van der Waals surface area contributed by atoms with Gasteiger partial charge in [0.05, 0.1) is 17.6 Å². The maximum Gasteiger partial charge on any atom is 0.505 e. The molecule has 0 aliphatic heterocycles. The van der Waals surface area contributed by atoms with Crippen molar-refractivity contribution >= 4 is 41.3 Å². The highest BCUT2D eigenvalue weighted by Crippen LogP contribution is 2.72. The first-order chi connectivity index (χ1) is 19.6. The average Bonchev–Trinajstić information content (AvgIpc) is 3.14. The molecule has 0 bridgehead atoms. The van der Waals surface area contributed by atoms with Crippen LogP contribution in [0.2, 0.25) is 0 Å². The normalized spacial score (nSPS) is 38.0. The summed E-state index contributed by atoms with van der Waals surface area (Å²) in [4.78, 5) is 58.8. The van der Waals surface area contributed by atoms with Crippen LogP contribution in [0.25, 0.3) is 0 Å². The minimum atomic E-state index is -1.55. The van der Waals surface area contributed by atoms with Crippen LogP contribution >= 0.6 is 11.6 Å². The first-order valence-corrected chi connectivity index (χ1v) is 15.0. The highest BCUT2D eigenvalue weighted by Gasteiger charge is 2.76. The van der Waals surface area contributed by atoms with Crippen molar-refractivity contribution in [3.05, 3.63) is 23.8 Å². The number of esters is 2. The zero-order valence-electron chi connectivity index (χ0n) is 25.2. The van der Waals surface area contributed by atoms with Gasteiger partial charge in [-0.3, -0.25) is 19.2 Å². The quantitative estimate of drug-likeness (QED) is 0.234. The highest BCUT2D eigenvalue weighted by atomic mass is 35.5. The van der Waals surface area contributed by atoms with Crippen LogP contribution in [0, 0.1) is 28.6 Å². The maximum atomic E-state index is 13.9. The molecule has 0 spiro atoms. The molecule has 8 atom stereocenters. The molecule has 0 amide bonds. The Kier molecular flexibility index (Phi) is 10.0. The van der Waals surface area contributed by atoms with Crippen LogP contribution in [-0.4, -0.2) is 69.7 Å². The molecule has 1 unspecified atom stereocenters. The summed E-state index contributed by atoms with van der Waals surface area (Å²) in [7, 11) is 0. The lowest BCUT2D eigenvalue weighted by molar-refractivity contribution is -0.203. The van der Waals surface area contributed by atoms with Gasteiger partial charge >= 0.3 is 18.1 Å². The maximum absolute atomic E-state index is 13.9. The molecule has 4 aliphatic rings. The predicted octanol–water partition coefficient (Wildman–Crippen LogP) is 4.79. The number of carboxylic acid groups (broad SMARTS) is 1. The number of allylic oxidation sites excluding steroid dienone is 4. The Morgan fingerprint density at radius 3 is 2.24 bits per heavy atom. The van der Waals surface area contributed by atoms with Gasteiger partial charge in [-0.1, -0.05) is 46.3 Å². The molecule has 0 heterocycles. The molecule has 0 saturated heterocycles. The Hall–Kier alpha value is -2.72. The molecule has 4 aliphatic carbocycles. The molecule has 0 aromatic heterocycles. The summed E-state index contributed by atoms with van der Waals surface area (Å²) >= 11 is 7.48. The van der Waals surface area contributed by atoms with Crippen molar-refractivity contribution in [3.63, 3.8) is 0 Å². The Bertz CT molecular complexity index is 1180. The van der Waals surface area contributed by atoms with Gasteiger partial charge in [-0.15, -0.1) is 11.6 Å². The van der Waals surface area contributed by atoms with Gasteiger partial charge in [0.2, 0.25) is 5.78 Å². The number of alkyl halides is 1. The fourth-order valence-electron chi connectivity index (χ4n) is 8.13. The first-order valence-electron chi connectivity index (χ1n) is 14.7. The summed E-state index contributed by atoms with van der Waals surface area (Å²) in [6, 6.07) is 0. The van der Waals surface area contributed by atoms with Crippen LogP contribution in [0.1, 0.15) is 80.1 Å². The molecule has 11 heteroatoms. The summed E-state index contributed by atoms with van der Waals surface area (Å²) in [5, 5.41) is 19.5. The third-order valence-corrected chi connectivity index (χ3v) is 11.0. The number of fused-ring (bicyclic) bond motifs is 5. The van der Waals surface area contributed by atoms with Gasteiger partial charge in [-0.05, 0) is 56.6 Å². The van der Waals surface area contributed by atoms with Crippen molar-refractivity contribution in [2.75, 3.05) is 13.2 Å². The molecule has 3 fully saturated rings. The summed E-state index contributed by atoms with van der Waals surface area (Å²) < 4.78 is 15.2. The predicted molar refractivity (Wildman–Crippen MR) is 153 cm³/mol. The minimum absolute atomic E-state index is 0.0801. The fraction of sp³-hybridized carbons (Fsp3) is 0.710. The van der Waals surface area contributed by atoms with Crippen LogP contribution in [0.3, 0.4) is 0 Å². The van der Waals surface area contributed by atoms with Gasteiger partial charge in [0.15, 0.2) is 18.0 Å². The number of rotatable bonds is 7. The van der Waals surface area contributed by atoms with Crippen LogP contribution in [0.4, 0.5) is 4.79 Å². The second kappa shape index (κ2) is 12.5. The lowest BCUT2D eigenvalue weighted by atomic mass is 9.45. The van der Waals surface area contributed by atoms with Gasteiger partial charge in [0, 0.05) is 29.6 Å². The molecule has 10 nitrogen and oxygen atoms in total. The van der Waals surface area contributed by atoms with Crippen molar-refractivity contribution in [3.8, 4) is 0 Å². The van der Waals surface area contributed by atoms with Crippen LogP contribution in [0.15, 0.2) is 23.8 Å². The van der Waals surface area contributed by atoms with Gasteiger partial charge in [-0.2, -0.15) is 0 Å². The minimum Gasteiger partial charge on any atom is -0.457 e. The number of hydrogen-bond donors (Lipinski definition) is 2. The van der Waals surface area contributed by atoms with E-state index in [4.69, 9.17) is 26.2 Å². The number of Topliss-reactive ketones (excluding diaryl/α,β-unsaturated/α-hetero) is 1. The van der Waals surface area contributed by atoms with E-state index < -0.39 is 57.9 Å². The Labute approximate surface area is 251 Å². The standard InChI is InChI=1S/C28H37ClO7.C3H6O3/c1-6-23(33)35-15-22(32)28(36-24(34)7-2)16(3)12-20-19-9-8-17-13-18(30)10-11-25(17,4)27(19,29)21(31)14-26(20,28)5;1-2-6-3(4)5/h10-11,13,16,19-21,31H,6-9,12,14-15H2,1-5H3;2H2,1H3,(H,4,5)/t16-,19-,20-,21-,25-,26-,27?,28-;/m0./s1. The van der Waals surface area contributed by atoms with E-state index in [1.807, 2.05) is 26.8 Å². The van der Waals surface area contributed by atoms with Gasteiger partial charge < -0.3 is 24.4 Å². The monoisotopic (exact) mass is 610 g/mol. The lowest BCUT2D eigenvalue weighted by Gasteiger charge is -2.64. The molecule has 2 N–H and O–H groups in total. The summed E-state index contributed by atoms with van der Waals surface area (Å²) in [5.41, 5.74) is -2.27. The third kappa shape index (κ3) is 5.29. The molecule has 234 valence electrons. The van der Waals surface area contributed by atoms with E-state index in [2.05, 4.69) is 4.74 Å². The number of carbonyl (C=O) groups excluding carboxylic acids is 4. The largest absolute Gasteiger partial charge is 0.505 e. The van der Waals surface area contributed by atoms with Crippen LogP contribution in [-0.2, 0) is 33.4 Å². The fourth-order valence-corrected chi connectivity index (χ4v) is 8.65.